The number of ether oxygens (including phenoxy) is 1. The molecule has 6 aromatic rings. The van der Waals surface area contributed by atoms with Gasteiger partial charge in [0.1, 0.15) is 10.8 Å². The van der Waals surface area contributed by atoms with Gasteiger partial charge in [0.2, 0.25) is 0 Å². The van der Waals surface area contributed by atoms with Crippen LogP contribution in [0.2, 0.25) is 0 Å². The maximum atomic E-state index is 5.99. The summed E-state index contributed by atoms with van der Waals surface area (Å²) in [4.78, 5) is 4.78. The largest absolute Gasteiger partial charge is 0.423 e. The molecule has 4 aromatic carbocycles. The Morgan fingerprint density at radius 3 is 2.61 bits per heavy atom. The quantitative estimate of drug-likeness (QED) is 0.270. The lowest BCUT2D eigenvalue weighted by Gasteiger charge is -2.10. The van der Waals surface area contributed by atoms with E-state index in [9.17, 15) is 0 Å². The summed E-state index contributed by atoms with van der Waals surface area (Å²) in [5.74, 6) is 0.669. The molecule has 0 saturated heterocycles. The van der Waals surface area contributed by atoms with Crippen molar-refractivity contribution in [2.24, 2.45) is 0 Å². The second-order valence-corrected chi connectivity index (χ2v) is 9.41. The van der Waals surface area contributed by atoms with Gasteiger partial charge in [-0.2, -0.15) is 4.68 Å². The molecule has 0 saturated carbocycles. The standard InChI is InChI=1S/C28H22N6OS/c1-19-10-15-25-26(16-19)36-27(30-25)21-11-13-22(14-12-21)29-18-20-6-5-9-24(17-20)35-28-31-32-33-34(28)23-7-3-2-4-8-23/h2-17,29H,18H2,1H3. The first-order chi connectivity index (χ1) is 17.7. The number of fused-ring (bicyclic) bond motifs is 1. The number of tetrazole rings is 1. The fourth-order valence-electron chi connectivity index (χ4n) is 3.89. The molecular formula is C28H22N6OS. The zero-order valence-corrected chi connectivity index (χ0v) is 20.3. The lowest BCUT2D eigenvalue weighted by Crippen LogP contribution is -2.01. The smallest absolute Gasteiger partial charge is 0.345 e. The van der Waals surface area contributed by atoms with E-state index in [0.29, 0.717) is 18.3 Å². The van der Waals surface area contributed by atoms with E-state index in [1.807, 2.05) is 48.5 Å². The maximum Gasteiger partial charge on any atom is 0.345 e. The molecule has 1 N–H and O–H groups in total. The number of anilines is 1. The van der Waals surface area contributed by atoms with Gasteiger partial charge in [-0.1, -0.05) is 41.5 Å². The first kappa shape index (κ1) is 21.9. The number of aromatic nitrogens is 5. The van der Waals surface area contributed by atoms with E-state index in [4.69, 9.17) is 9.72 Å². The summed E-state index contributed by atoms with van der Waals surface area (Å²) in [6, 6.07) is 32.6. The van der Waals surface area contributed by atoms with Gasteiger partial charge in [0.05, 0.1) is 15.9 Å². The molecule has 0 fully saturated rings. The second-order valence-electron chi connectivity index (χ2n) is 8.38. The minimum Gasteiger partial charge on any atom is -0.423 e. The van der Waals surface area contributed by atoms with Gasteiger partial charge in [-0.05, 0) is 89.1 Å². The molecule has 0 unspecified atom stereocenters. The van der Waals surface area contributed by atoms with Crippen LogP contribution < -0.4 is 10.1 Å². The molecule has 2 heterocycles. The van der Waals surface area contributed by atoms with Crippen LogP contribution in [0, 0.1) is 6.92 Å². The highest BCUT2D eigenvalue weighted by molar-refractivity contribution is 7.21. The van der Waals surface area contributed by atoms with Crippen LogP contribution in [0.15, 0.2) is 97.1 Å². The Kier molecular flexibility index (Phi) is 5.85. The van der Waals surface area contributed by atoms with Crippen molar-refractivity contribution < 1.29 is 4.74 Å². The normalized spacial score (nSPS) is 11.0. The molecule has 0 atom stereocenters. The van der Waals surface area contributed by atoms with Gasteiger partial charge in [0.25, 0.3) is 0 Å². The summed E-state index contributed by atoms with van der Waals surface area (Å²) < 4.78 is 8.77. The van der Waals surface area contributed by atoms with Gasteiger partial charge in [0.15, 0.2) is 0 Å². The molecule has 0 radical (unpaired) electrons. The SMILES string of the molecule is Cc1ccc2nc(-c3ccc(NCc4cccc(Oc5nnnn5-c5ccccc5)c4)cc3)sc2c1. The molecule has 0 spiro atoms. The van der Waals surface area contributed by atoms with Crippen LogP contribution in [-0.2, 0) is 6.54 Å². The van der Waals surface area contributed by atoms with Gasteiger partial charge < -0.3 is 10.1 Å². The number of benzene rings is 4. The third-order valence-corrected chi connectivity index (χ3v) is 6.79. The summed E-state index contributed by atoms with van der Waals surface area (Å²) in [5, 5.41) is 16.3. The monoisotopic (exact) mass is 490 g/mol. The Morgan fingerprint density at radius 2 is 1.75 bits per heavy atom. The number of nitrogens with zero attached hydrogens (tertiary/aromatic N) is 5. The fourth-order valence-corrected chi connectivity index (χ4v) is 4.96. The number of hydrogen-bond acceptors (Lipinski definition) is 7. The summed E-state index contributed by atoms with van der Waals surface area (Å²) in [5.41, 5.74) is 6.36. The zero-order valence-electron chi connectivity index (χ0n) is 19.5. The van der Waals surface area contributed by atoms with Gasteiger partial charge in [-0.3, -0.25) is 0 Å². The van der Waals surface area contributed by atoms with E-state index < -0.39 is 0 Å². The average Bonchev–Trinajstić information content (AvgIpc) is 3.55. The first-order valence-corrected chi connectivity index (χ1v) is 12.3. The maximum absolute atomic E-state index is 5.99. The Morgan fingerprint density at radius 1 is 0.889 bits per heavy atom. The van der Waals surface area contributed by atoms with Crippen LogP contribution >= 0.6 is 11.3 Å². The van der Waals surface area contributed by atoms with Crippen LogP contribution in [0.25, 0.3) is 26.5 Å². The minimum absolute atomic E-state index is 0.312. The number of hydrogen-bond donors (Lipinski definition) is 1. The summed E-state index contributed by atoms with van der Waals surface area (Å²) in [6.45, 7) is 2.76. The molecule has 7 nitrogen and oxygen atoms in total. The number of nitrogens with one attached hydrogen (secondary N) is 1. The Hall–Kier alpha value is -4.56. The molecule has 2 aromatic heterocycles. The summed E-state index contributed by atoms with van der Waals surface area (Å²) in [6.07, 6.45) is 0. The predicted octanol–water partition coefficient (Wildman–Crippen LogP) is 6.65. The van der Waals surface area contributed by atoms with E-state index in [0.717, 1.165) is 33.0 Å². The average molecular weight is 491 g/mol. The van der Waals surface area contributed by atoms with Crippen LogP contribution in [0.1, 0.15) is 11.1 Å². The molecule has 6 rings (SSSR count). The lowest BCUT2D eigenvalue weighted by atomic mass is 10.2. The van der Waals surface area contributed by atoms with E-state index in [2.05, 4.69) is 76.3 Å². The highest BCUT2D eigenvalue weighted by Crippen LogP contribution is 2.31. The van der Waals surface area contributed by atoms with E-state index in [-0.39, 0.29) is 0 Å². The van der Waals surface area contributed by atoms with Crippen molar-refractivity contribution in [1.29, 1.82) is 0 Å². The summed E-state index contributed by atoms with van der Waals surface area (Å²) in [7, 11) is 0. The first-order valence-electron chi connectivity index (χ1n) is 11.5. The Balaban J connectivity index is 1.12. The molecule has 36 heavy (non-hydrogen) atoms. The molecule has 0 aliphatic rings. The molecule has 0 aliphatic heterocycles. The van der Waals surface area contributed by atoms with Crippen LogP contribution in [0.3, 0.4) is 0 Å². The van der Waals surface area contributed by atoms with Crippen LogP contribution in [-0.4, -0.2) is 25.2 Å². The summed E-state index contributed by atoms with van der Waals surface area (Å²) >= 11 is 1.72. The van der Waals surface area contributed by atoms with Gasteiger partial charge in [0, 0.05) is 17.8 Å². The number of thiazole rings is 1. The lowest BCUT2D eigenvalue weighted by molar-refractivity contribution is 0.427. The van der Waals surface area contributed by atoms with Gasteiger partial charge in [-0.25, -0.2) is 4.98 Å². The Labute approximate surface area is 212 Å². The molecular weight excluding hydrogens is 468 g/mol. The van der Waals surface area contributed by atoms with Gasteiger partial charge in [-0.15, -0.1) is 11.3 Å². The third-order valence-electron chi connectivity index (χ3n) is 5.72. The minimum atomic E-state index is 0.312. The predicted molar refractivity (Wildman–Crippen MR) is 143 cm³/mol. The Bertz CT molecular complexity index is 1630. The van der Waals surface area contributed by atoms with Crippen LogP contribution in [0.4, 0.5) is 5.69 Å². The molecule has 0 amide bonds. The second kappa shape index (κ2) is 9.59. The van der Waals surface area contributed by atoms with E-state index >= 15 is 0 Å². The van der Waals surface area contributed by atoms with Crippen LogP contribution in [0.5, 0.6) is 11.8 Å². The highest BCUT2D eigenvalue weighted by atomic mass is 32.1. The van der Waals surface area contributed by atoms with Crippen molar-refractivity contribution in [2.45, 2.75) is 13.5 Å². The number of rotatable bonds is 7. The topological polar surface area (TPSA) is 77.8 Å². The van der Waals surface area contributed by atoms with E-state index in [1.54, 1.807) is 16.0 Å². The molecule has 0 bridgehead atoms. The van der Waals surface area contributed by atoms with Crippen molar-refractivity contribution in [3.63, 3.8) is 0 Å². The highest BCUT2D eigenvalue weighted by Gasteiger charge is 2.11. The zero-order chi connectivity index (χ0) is 24.3. The van der Waals surface area contributed by atoms with Crippen molar-refractivity contribution in [3.05, 3.63) is 108 Å². The van der Waals surface area contributed by atoms with Crippen molar-refractivity contribution >= 4 is 27.2 Å². The third kappa shape index (κ3) is 4.67. The number of aryl methyl sites for hydroxylation is 1. The van der Waals surface area contributed by atoms with Crippen molar-refractivity contribution in [3.8, 4) is 28.0 Å². The van der Waals surface area contributed by atoms with E-state index in [1.165, 1.54) is 10.3 Å². The van der Waals surface area contributed by atoms with Crippen molar-refractivity contribution in [2.75, 3.05) is 5.32 Å². The molecule has 0 aliphatic carbocycles. The molecule has 8 heteroatoms. The molecule has 176 valence electrons. The fraction of sp³-hybridized carbons (Fsp3) is 0.0714. The van der Waals surface area contributed by atoms with Gasteiger partial charge >= 0.3 is 6.01 Å². The number of para-hydroxylation sites is 1. The van der Waals surface area contributed by atoms with Crippen molar-refractivity contribution in [1.82, 2.24) is 25.2 Å².